The van der Waals surface area contributed by atoms with Crippen LogP contribution in [0.15, 0.2) is 41.1 Å². The number of carbonyl (C=O) groups excluding carboxylic acids is 1. The maximum atomic E-state index is 12.3. The van der Waals surface area contributed by atoms with E-state index in [4.69, 9.17) is 4.52 Å². The molecule has 1 aliphatic rings. The minimum Gasteiger partial charge on any atom is -0.351 e. The number of aryl methyl sites for hydroxylation is 1. The predicted octanol–water partition coefficient (Wildman–Crippen LogP) is 3.08. The summed E-state index contributed by atoms with van der Waals surface area (Å²) < 4.78 is 5.06. The Labute approximate surface area is 124 Å². The van der Waals surface area contributed by atoms with Crippen molar-refractivity contribution in [2.45, 2.75) is 26.2 Å². The molecule has 1 saturated heterocycles. The summed E-state index contributed by atoms with van der Waals surface area (Å²) in [5.74, 6) is 1.02. The minimum atomic E-state index is -0.0249. The van der Waals surface area contributed by atoms with E-state index in [2.05, 4.69) is 29.4 Å². The highest BCUT2D eigenvalue weighted by Crippen LogP contribution is 2.23. The second kappa shape index (κ2) is 6.12. The molecule has 1 fully saturated rings. The highest BCUT2D eigenvalue weighted by molar-refractivity contribution is 5.92. The smallest absolute Gasteiger partial charge is 0.292 e. The third kappa shape index (κ3) is 3.15. The maximum Gasteiger partial charge on any atom is 0.292 e. The zero-order valence-electron chi connectivity index (χ0n) is 12.3. The van der Waals surface area contributed by atoms with Crippen LogP contribution < -0.4 is 0 Å². The molecule has 2 aromatic rings. The summed E-state index contributed by atoms with van der Waals surface area (Å²) in [7, 11) is 0. The zero-order valence-corrected chi connectivity index (χ0v) is 12.3. The lowest BCUT2D eigenvalue weighted by Crippen LogP contribution is -2.39. The molecule has 1 amide bonds. The lowest BCUT2D eigenvalue weighted by atomic mass is 9.90. The van der Waals surface area contributed by atoms with Crippen molar-refractivity contribution in [2.24, 2.45) is 5.92 Å². The lowest BCUT2D eigenvalue weighted by molar-refractivity contribution is 0.0647. The SMILES string of the molecule is Cc1cnoc1C(=O)N1CCC(Cc2ccccc2)CC1. The van der Waals surface area contributed by atoms with Crippen molar-refractivity contribution < 1.29 is 9.32 Å². The second-order valence-electron chi connectivity index (χ2n) is 5.76. The standard InChI is InChI=1S/C17H20N2O2/c1-13-12-18-21-16(13)17(20)19-9-7-15(8-10-19)11-14-5-3-2-4-6-14/h2-6,12,15H,7-11H2,1H3. The Balaban J connectivity index is 1.56. The molecule has 0 radical (unpaired) electrons. The molecule has 0 saturated carbocycles. The van der Waals surface area contributed by atoms with E-state index in [0.29, 0.717) is 11.7 Å². The lowest BCUT2D eigenvalue weighted by Gasteiger charge is -2.31. The van der Waals surface area contributed by atoms with Crippen molar-refractivity contribution in [3.63, 3.8) is 0 Å². The van der Waals surface area contributed by atoms with E-state index in [0.717, 1.165) is 37.9 Å². The molecule has 0 atom stereocenters. The van der Waals surface area contributed by atoms with Gasteiger partial charge in [0.25, 0.3) is 5.91 Å². The third-order valence-electron chi connectivity index (χ3n) is 4.21. The van der Waals surface area contributed by atoms with Crippen molar-refractivity contribution in [1.29, 1.82) is 0 Å². The Morgan fingerprint density at radius 3 is 2.62 bits per heavy atom. The van der Waals surface area contributed by atoms with Gasteiger partial charge in [-0.1, -0.05) is 35.5 Å². The molecule has 1 aromatic carbocycles. The van der Waals surface area contributed by atoms with Gasteiger partial charge in [0, 0.05) is 18.7 Å². The van der Waals surface area contributed by atoms with E-state index >= 15 is 0 Å². The van der Waals surface area contributed by atoms with Gasteiger partial charge < -0.3 is 9.42 Å². The van der Waals surface area contributed by atoms with Crippen LogP contribution in [0.25, 0.3) is 0 Å². The van der Waals surface area contributed by atoms with Crippen LogP contribution in [0.5, 0.6) is 0 Å². The first kappa shape index (κ1) is 13.9. The first-order valence-corrected chi connectivity index (χ1v) is 7.48. The first-order chi connectivity index (χ1) is 10.2. The number of nitrogens with zero attached hydrogens (tertiary/aromatic N) is 2. The summed E-state index contributed by atoms with van der Waals surface area (Å²) in [4.78, 5) is 14.2. The summed E-state index contributed by atoms with van der Waals surface area (Å²) >= 11 is 0. The predicted molar refractivity (Wildman–Crippen MR) is 80.0 cm³/mol. The molecule has 0 unspecified atom stereocenters. The number of hydrogen-bond donors (Lipinski definition) is 0. The summed E-state index contributed by atoms with van der Waals surface area (Å²) in [6.07, 6.45) is 4.79. The monoisotopic (exact) mass is 284 g/mol. The number of likely N-dealkylation sites (tertiary alicyclic amines) is 1. The van der Waals surface area contributed by atoms with Crippen molar-refractivity contribution in [3.8, 4) is 0 Å². The van der Waals surface area contributed by atoms with Gasteiger partial charge in [-0.3, -0.25) is 4.79 Å². The Hall–Kier alpha value is -2.10. The van der Waals surface area contributed by atoms with Crippen LogP contribution in [0.4, 0.5) is 0 Å². The van der Waals surface area contributed by atoms with Gasteiger partial charge in [0.15, 0.2) is 0 Å². The highest BCUT2D eigenvalue weighted by Gasteiger charge is 2.26. The number of carbonyl (C=O) groups is 1. The molecule has 0 spiro atoms. The molecule has 21 heavy (non-hydrogen) atoms. The van der Waals surface area contributed by atoms with Crippen molar-refractivity contribution in [3.05, 3.63) is 53.4 Å². The van der Waals surface area contributed by atoms with Gasteiger partial charge in [-0.05, 0) is 37.7 Å². The fourth-order valence-corrected chi connectivity index (χ4v) is 2.93. The highest BCUT2D eigenvalue weighted by atomic mass is 16.5. The van der Waals surface area contributed by atoms with Crippen molar-refractivity contribution in [2.75, 3.05) is 13.1 Å². The van der Waals surface area contributed by atoms with Crippen LogP contribution in [0, 0.1) is 12.8 Å². The Morgan fingerprint density at radius 2 is 2.00 bits per heavy atom. The van der Waals surface area contributed by atoms with Crippen LogP contribution in [0.2, 0.25) is 0 Å². The van der Waals surface area contributed by atoms with E-state index in [-0.39, 0.29) is 5.91 Å². The fraction of sp³-hybridized carbons (Fsp3) is 0.412. The van der Waals surface area contributed by atoms with Crippen LogP contribution >= 0.6 is 0 Å². The molecule has 3 rings (SSSR count). The third-order valence-corrected chi connectivity index (χ3v) is 4.21. The number of benzene rings is 1. The second-order valence-corrected chi connectivity index (χ2v) is 5.76. The van der Waals surface area contributed by atoms with Crippen molar-refractivity contribution in [1.82, 2.24) is 10.1 Å². The largest absolute Gasteiger partial charge is 0.351 e. The Kier molecular flexibility index (Phi) is 4.04. The quantitative estimate of drug-likeness (QED) is 0.870. The molecule has 2 heterocycles. The normalized spacial score (nSPS) is 16.1. The van der Waals surface area contributed by atoms with E-state index in [1.807, 2.05) is 17.9 Å². The van der Waals surface area contributed by atoms with Gasteiger partial charge >= 0.3 is 0 Å². The first-order valence-electron chi connectivity index (χ1n) is 7.48. The molecular weight excluding hydrogens is 264 g/mol. The number of hydrogen-bond acceptors (Lipinski definition) is 3. The summed E-state index contributed by atoms with van der Waals surface area (Å²) in [6.45, 7) is 3.46. The number of piperidine rings is 1. The molecule has 1 aromatic heterocycles. The summed E-state index contributed by atoms with van der Waals surface area (Å²) in [5.41, 5.74) is 2.19. The molecular formula is C17H20N2O2. The maximum absolute atomic E-state index is 12.3. The van der Waals surface area contributed by atoms with Crippen LogP contribution in [0.1, 0.15) is 34.5 Å². The molecule has 0 bridgehead atoms. The van der Waals surface area contributed by atoms with E-state index in [1.54, 1.807) is 6.20 Å². The van der Waals surface area contributed by atoms with Gasteiger partial charge in [-0.25, -0.2) is 0 Å². The summed E-state index contributed by atoms with van der Waals surface area (Å²) in [5, 5.41) is 3.69. The molecule has 4 nitrogen and oxygen atoms in total. The Bertz CT molecular complexity index is 598. The number of aromatic nitrogens is 1. The van der Waals surface area contributed by atoms with E-state index < -0.39 is 0 Å². The number of rotatable bonds is 3. The molecule has 4 heteroatoms. The molecule has 0 N–H and O–H groups in total. The van der Waals surface area contributed by atoms with Crippen LogP contribution in [-0.4, -0.2) is 29.1 Å². The molecule has 0 aliphatic carbocycles. The van der Waals surface area contributed by atoms with Crippen molar-refractivity contribution >= 4 is 5.91 Å². The molecule has 110 valence electrons. The van der Waals surface area contributed by atoms with Crippen LogP contribution in [0.3, 0.4) is 0 Å². The van der Waals surface area contributed by atoms with Gasteiger partial charge in [0.2, 0.25) is 5.76 Å². The van der Waals surface area contributed by atoms with Gasteiger partial charge in [0.05, 0.1) is 6.20 Å². The average Bonchev–Trinajstić information content (AvgIpc) is 2.94. The van der Waals surface area contributed by atoms with E-state index in [1.165, 1.54) is 5.56 Å². The summed E-state index contributed by atoms with van der Waals surface area (Å²) in [6, 6.07) is 10.6. The Morgan fingerprint density at radius 1 is 1.29 bits per heavy atom. The van der Waals surface area contributed by atoms with Gasteiger partial charge in [-0.15, -0.1) is 0 Å². The van der Waals surface area contributed by atoms with Gasteiger partial charge in [-0.2, -0.15) is 0 Å². The molecule has 1 aliphatic heterocycles. The number of amides is 1. The zero-order chi connectivity index (χ0) is 14.7. The van der Waals surface area contributed by atoms with E-state index in [9.17, 15) is 4.79 Å². The average molecular weight is 284 g/mol. The topological polar surface area (TPSA) is 46.3 Å². The van der Waals surface area contributed by atoms with Crippen LogP contribution in [-0.2, 0) is 6.42 Å². The minimum absolute atomic E-state index is 0.0249. The fourth-order valence-electron chi connectivity index (χ4n) is 2.93. The van der Waals surface area contributed by atoms with Gasteiger partial charge in [0.1, 0.15) is 0 Å².